The molecule has 0 atom stereocenters. The Labute approximate surface area is 181 Å². The summed E-state index contributed by atoms with van der Waals surface area (Å²) >= 11 is 0. The lowest BCUT2D eigenvalue weighted by molar-refractivity contribution is -0.114. The fourth-order valence-corrected chi connectivity index (χ4v) is 3.98. The summed E-state index contributed by atoms with van der Waals surface area (Å²) in [6.45, 7) is 1.49. The summed E-state index contributed by atoms with van der Waals surface area (Å²) in [6, 6.07) is 7.95. The summed E-state index contributed by atoms with van der Waals surface area (Å²) in [5, 5.41) is 5.37. The number of benzene rings is 1. The second kappa shape index (κ2) is 9.78. The number of nitrogens with one attached hydrogen (secondary N) is 3. The topological polar surface area (TPSA) is 126 Å². The van der Waals surface area contributed by atoms with Crippen molar-refractivity contribution in [2.75, 3.05) is 16.3 Å². The second-order valence-corrected chi connectivity index (χ2v) is 9.24. The van der Waals surface area contributed by atoms with Gasteiger partial charge in [-0.15, -0.1) is 0 Å². The van der Waals surface area contributed by atoms with Crippen LogP contribution in [0.2, 0.25) is 0 Å². The van der Waals surface area contributed by atoms with Crippen LogP contribution in [0.15, 0.2) is 36.5 Å². The average molecular weight is 447 g/mol. The van der Waals surface area contributed by atoms with Crippen molar-refractivity contribution < 1.29 is 22.7 Å². The molecule has 2 aromatic rings. The molecule has 1 fully saturated rings. The number of hydrogen-bond donors (Lipinski definition) is 3. The molecule has 9 nitrogen and oxygen atoms in total. The van der Waals surface area contributed by atoms with Gasteiger partial charge < -0.3 is 15.4 Å². The molecule has 1 aromatic carbocycles. The van der Waals surface area contributed by atoms with Crippen molar-refractivity contribution in [3.05, 3.63) is 47.7 Å². The highest BCUT2D eigenvalue weighted by Gasteiger charge is 2.20. The average Bonchev–Trinajstić information content (AvgIpc) is 3.20. The first kappa shape index (κ1) is 22.5. The predicted molar refractivity (Wildman–Crippen MR) is 118 cm³/mol. The number of nitrogens with zero attached hydrogens (tertiary/aromatic N) is 1. The SMILES string of the molecule is CC(=O)Nc1ccc(NS(C)(=O)=O)c(C(=O)NCc2cccnc2OC2CCCC2)c1. The lowest BCUT2D eigenvalue weighted by atomic mass is 10.1. The molecule has 3 N–H and O–H groups in total. The Balaban J connectivity index is 1.78. The Morgan fingerprint density at radius 3 is 2.61 bits per heavy atom. The number of hydrogen-bond acceptors (Lipinski definition) is 6. The molecule has 0 unspecified atom stereocenters. The van der Waals surface area contributed by atoms with Crippen molar-refractivity contribution >= 4 is 33.2 Å². The number of aromatic nitrogens is 1. The normalized spacial score (nSPS) is 14.1. The van der Waals surface area contributed by atoms with Crippen LogP contribution >= 0.6 is 0 Å². The summed E-state index contributed by atoms with van der Waals surface area (Å²) in [6.07, 6.45) is 7.00. The first-order valence-corrected chi connectivity index (χ1v) is 11.9. The highest BCUT2D eigenvalue weighted by molar-refractivity contribution is 7.92. The number of ether oxygens (including phenoxy) is 1. The molecule has 1 aromatic heterocycles. The molecule has 2 amide bonds. The Hall–Kier alpha value is -3.14. The minimum absolute atomic E-state index is 0.0822. The molecule has 1 heterocycles. The van der Waals surface area contributed by atoms with Crippen LogP contribution < -0.4 is 20.1 Å². The van der Waals surface area contributed by atoms with Gasteiger partial charge in [0.1, 0.15) is 6.10 Å². The van der Waals surface area contributed by atoms with Crippen molar-refractivity contribution in [1.82, 2.24) is 10.3 Å². The quantitative estimate of drug-likeness (QED) is 0.572. The van der Waals surface area contributed by atoms with E-state index >= 15 is 0 Å². The molecular weight excluding hydrogens is 420 g/mol. The van der Waals surface area contributed by atoms with Gasteiger partial charge in [-0.2, -0.15) is 0 Å². The molecule has 31 heavy (non-hydrogen) atoms. The smallest absolute Gasteiger partial charge is 0.253 e. The molecule has 3 rings (SSSR count). The fraction of sp³-hybridized carbons (Fsp3) is 0.381. The van der Waals surface area contributed by atoms with Gasteiger partial charge in [-0.3, -0.25) is 14.3 Å². The lowest BCUT2D eigenvalue weighted by Crippen LogP contribution is -2.26. The van der Waals surface area contributed by atoms with Gasteiger partial charge in [0.05, 0.1) is 17.5 Å². The monoisotopic (exact) mass is 446 g/mol. The maximum absolute atomic E-state index is 12.9. The molecule has 0 aliphatic heterocycles. The molecule has 0 bridgehead atoms. The van der Waals surface area contributed by atoms with E-state index in [0.29, 0.717) is 11.6 Å². The number of pyridine rings is 1. The Morgan fingerprint density at radius 1 is 1.19 bits per heavy atom. The molecule has 0 saturated heterocycles. The van der Waals surface area contributed by atoms with Gasteiger partial charge >= 0.3 is 0 Å². The minimum atomic E-state index is -3.60. The molecule has 0 spiro atoms. The van der Waals surface area contributed by atoms with Crippen molar-refractivity contribution in [1.29, 1.82) is 0 Å². The van der Waals surface area contributed by atoms with Crippen LogP contribution in [0.4, 0.5) is 11.4 Å². The Bertz CT molecular complexity index is 1070. The third-order valence-corrected chi connectivity index (χ3v) is 5.34. The van der Waals surface area contributed by atoms with Crippen LogP contribution in [0.3, 0.4) is 0 Å². The predicted octanol–water partition coefficient (Wildman–Crippen LogP) is 2.66. The van der Waals surface area contributed by atoms with Crippen LogP contribution in [0.5, 0.6) is 5.88 Å². The van der Waals surface area contributed by atoms with Gasteiger partial charge in [0.15, 0.2) is 0 Å². The van der Waals surface area contributed by atoms with Crippen LogP contribution in [0.1, 0.15) is 48.5 Å². The number of carbonyl (C=O) groups excluding carboxylic acids is 2. The van der Waals surface area contributed by atoms with Gasteiger partial charge in [-0.1, -0.05) is 6.07 Å². The summed E-state index contributed by atoms with van der Waals surface area (Å²) in [5.74, 6) is -0.329. The highest BCUT2D eigenvalue weighted by atomic mass is 32.2. The first-order chi connectivity index (χ1) is 14.7. The molecule has 166 valence electrons. The fourth-order valence-electron chi connectivity index (χ4n) is 3.40. The van der Waals surface area contributed by atoms with E-state index in [1.54, 1.807) is 12.3 Å². The maximum atomic E-state index is 12.9. The molecule has 1 aliphatic carbocycles. The molecule has 1 saturated carbocycles. The largest absolute Gasteiger partial charge is 0.474 e. The Kier molecular flexibility index (Phi) is 7.11. The molecule has 10 heteroatoms. The van der Waals surface area contributed by atoms with E-state index in [4.69, 9.17) is 4.74 Å². The van der Waals surface area contributed by atoms with Gasteiger partial charge in [0, 0.05) is 30.9 Å². The van der Waals surface area contributed by atoms with Crippen LogP contribution in [0.25, 0.3) is 0 Å². The van der Waals surface area contributed by atoms with Crippen LogP contribution in [-0.2, 0) is 21.4 Å². The summed E-state index contributed by atoms with van der Waals surface area (Å²) in [7, 11) is -3.60. The zero-order chi connectivity index (χ0) is 22.4. The van der Waals surface area contributed by atoms with E-state index < -0.39 is 15.9 Å². The second-order valence-electron chi connectivity index (χ2n) is 7.49. The molecular formula is C21H26N4O5S. The van der Waals surface area contributed by atoms with Gasteiger partial charge in [-0.25, -0.2) is 13.4 Å². The van der Waals surface area contributed by atoms with Crippen molar-refractivity contribution in [3.8, 4) is 5.88 Å². The number of amides is 2. The summed E-state index contributed by atoms with van der Waals surface area (Å²) < 4.78 is 31.7. The molecule has 0 radical (unpaired) electrons. The van der Waals surface area contributed by atoms with Gasteiger partial charge in [-0.05, 0) is 49.9 Å². The summed E-state index contributed by atoms with van der Waals surface area (Å²) in [4.78, 5) is 28.5. The van der Waals surface area contributed by atoms with Crippen molar-refractivity contribution in [2.45, 2.75) is 45.3 Å². The number of sulfonamides is 1. The van der Waals surface area contributed by atoms with E-state index in [2.05, 4.69) is 20.3 Å². The number of anilines is 2. The first-order valence-electron chi connectivity index (χ1n) is 9.99. The van der Waals surface area contributed by atoms with E-state index in [1.165, 1.54) is 25.1 Å². The zero-order valence-electron chi connectivity index (χ0n) is 17.5. The third kappa shape index (κ3) is 6.68. The lowest BCUT2D eigenvalue weighted by Gasteiger charge is -2.16. The summed E-state index contributed by atoms with van der Waals surface area (Å²) in [5.41, 5.74) is 1.29. The van der Waals surface area contributed by atoms with E-state index in [1.807, 2.05) is 6.07 Å². The number of rotatable bonds is 8. The maximum Gasteiger partial charge on any atom is 0.253 e. The van der Waals surface area contributed by atoms with Crippen molar-refractivity contribution in [3.63, 3.8) is 0 Å². The highest BCUT2D eigenvalue weighted by Crippen LogP contribution is 2.26. The zero-order valence-corrected chi connectivity index (χ0v) is 18.3. The van der Waals surface area contributed by atoms with Crippen LogP contribution in [0, 0.1) is 0 Å². The standard InChI is InChI=1S/C21H26N4O5S/c1-14(26)24-16-9-10-19(25-31(2,28)29)18(12-16)20(27)23-13-15-6-5-11-22-21(15)30-17-7-3-4-8-17/h5-6,9-12,17,25H,3-4,7-8,13H2,1-2H3,(H,23,27)(H,24,26). The Morgan fingerprint density at radius 2 is 1.94 bits per heavy atom. The van der Waals surface area contributed by atoms with Crippen molar-refractivity contribution in [2.24, 2.45) is 0 Å². The van der Waals surface area contributed by atoms with Crippen LogP contribution in [-0.4, -0.2) is 37.6 Å². The van der Waals surface area contributed by atoms with E-state index in [9.17, 15) is 18.0 Å². The minimum Gasteiger partial charge on any atom is -0.474 e. The molecule has 1 aliphatic rings. The van der Waals surface area contributed by atoms with E-state index in [0.717, 1.165) is 37.5 Å². The van der Waals surface area contributed by atoms with Gasteiger partial charge in [0.2, 0.25) is 21.8 Å². The van der Waals surface area contributed by atoms with Gasteiger partial charge in [0.25, 0.3) is 5.91 Å². The van der Waals surface area contributed by atoms with E-state index in [-0.39, 0.29) is 29.8 Å². The third-order valence-electron chi connectivity index (χ3n) is 4.75. The number of carbonyl (C=O) groups is 2.